The summed E-state index contributed by atoms with van der Waals surface area (Å²) in [5.41, 5.74) is 7.39. The van der Waals surface area contributed by atoms with E-state index >= 15 is 0 Å². The molecule has 176 valence electrons. The maximum absolute atomic E-state index is 13.4. The van der Waals surface area contributed by atoms with Gasteiger partial charge in [0.05, 0.1) is 34.7 Å². The molecule has 0 saturated carbocycles. The van der Waals surface area contributed by atoms with Crippen molar-refractivity contribution in [1.82, 2.24) is 0 Å². The van der Waals surface area contributed by atoms with Gasteiger partial charge in [0, 0.05) is 11.4 Å². The molecule has 0 saturated heterocycles. The molecule has 0 fully saturated rings. The van der Waals surface area contributed by atoms with Crippen molar-refractivity contribution in [1.29, 1.82) is 0 Å². The van der Waals surface area contributed by atoms with Crippen LogP contribution in [-0.4, -0.2) is 39.6 Å². The number of nitrogens with one attached hydrogen (secondary N) is 1. The van der Waals surface area contributed by atoms with Crippen LogP contribution in [0, 0.1) is 0 Å². The maximum Gasteiger partial charge on any atom is 0.264 e. The fourth-order valence-corrected chi connectivity index (χ4v) is 6.02. The van der Waals surface area contributed by atoms with Crippen molar-refractivity contribution in [2.45, 2.75) is 16.2 Å². The molecule has 1 aliphatic heterocycles. The lowest BCUT2D eigenvalue weighted by atomic mass is 10.2. The Morgan fingerprint density at radius 3 is 2.59 bits per heavy atom. The van der Waals surface area contributed by atoms with E-state index in [1.165, 1.54) is 41.4 Å². The number of para-hydroxylation sites is 2. The van der Waals surface area contributed by atoms with Crippen molar-refractivity contribution in [3.8, 4) is 5.75 Å². The lowest BCUT2D eigenvalue weighted by molar-refractivity contribution is -0.115. The van der Waals surface area contributed by atoms with E-state index in [1.54, 1.807) is 36.4 Å². The van der Waals surface area contributed by atoms with E-state index in [0.717, 1.165) is 5.56 Å². The van der Waals surface area contributed by atoms with E-state index < -0.39 is 21.8 Å². The highest BCUT2D eigenvalue weighted by Crippen LogP contribution is 2.34. The molecule has 0 unspecified atom stereocenters. The zero-order chi connectivity index (χ0) is 24.3. The molecule has 0 atom stereocenters. The van der Waals surface area contributed by atoms with Crippen LogP contribution in [0.1, 0.15) is 15.9 Å². The summed E-state index contributed by atoms with van der Waals surface area (Å²) in [5.74, 6) is -0.723. The van der Waals surface area contributed by atoms with Crippen molar-refractivity contribution >= 4 is 45.0 Å². The number of carbonyl (C=O) groups excluding carboxylic acids is 2. The summed E-state index contributed by atoms with van der Waals surface area (Å²) in [7, 11) is -2.48. The Kier molecular flexibility index (Phi) is 6.80. The number of anilines is 2. The highest BCUT2D eigenvalue weighted by atomic mass is 32.2. The normalized spacial score (nSPS) is 12.8. The number of thioether (sulfide) groups is 1. The Labute approximate surface area is 202 Å². The molecule has 1 heterocycles. The van der Waals surface area contributed by atoms with Gasteiger partial charge in [0.15, 0.2) is 0 Å². The van der Waals surface area contributed by atoms with E-state index in [9.17, 15) is 18.0 Å². The lowest BCUT2D eigenvalue weighted by Gasteiger charge is -2.20. The summed E-state index contributed by atoms with van der Waals surface area (Å²) in [6.07, 6.45) is 0.624. The van der Waals surface area contributed by atoms with Gasteiger partial charge < -0.3 is 15.8 Å². The zero-order valence-electron chi connectivity index (χ0n) is 18.4. The van der Waals surface area contributed by atoms with Gasteiger partial charge in [-0.1, -0.05) is 30.3 Å². The SMILES string of the molecule is COc1ccc(S(=O)(=O)N2CCc3ccccc32)cc1C(=O)Nc1ccccc1SCC(N)=O. The Morgan fingerprint density at radius 1 is 1.09 bits per heavy atom. The van der Waals surface area contributed by atoms with Gasteiger partial charge in [0.2, 0.25) is 5.91 Å². The van der Waals surface area contributed by atoms with Gasteiger partial charge in [0.25, 0.3) is 15.9 Å². The Balaban J connectivity index is 1.65. The van der Waals surface area contributed by atoms with Crippen molar-refractivity contribution in [2.24, 2.45) is 5.73 Å². The molecule has 3 aromatic carbocycles. The number of methoxy groups -OCH3 is 1. The number of amides is 2. The molecule has 10 heteroatoms. The van der Waals surface area contributed by atoms with E-state index in [1.807, 2.05) is 12.1 Å². The minimum atomic E-state index is -3.89. The van der Waals surface area contributed by atoms with E-state index in [4.69, 9.17) is 10.5 Å². The largest absolute Gasteiger partial charge is 0.496 e. The predicted octanol–water partition coefficient (Wildman–Crippen LogP) is 3.28. The Hall–Kier alpha value is -3.50. The standard InChI is InChI=1S/C24H23N3O5S2/c1-32-21-11-10-17(34(30,31)27-13-12-16-6-2-4-8-20(16)27)14-18(21)24(29)26-19-7-3-5-9-22(19)33-15-23(25)28/h2-11,14H,12-13,15H2,1H3,(H2,25,28)(H,26,29). The second kappa shape index (κ2) is 9.78. The van der Waals surface area contributed by atoms with Gasteiger partial charge in [-0.15, -0.1) is 11.8 Å². The molecule has 0 aliphatic carbocycles. The number of carbonyl (C=O) groups is 2. The second-order valence-electron chi connectivity index (χ2n) is 7.52. The highest BCUT2D eigenvalue weighted by Gasteiger charge is 2.31. The first-order valence-electron chi connectivity index (χ1n) is 10.4. The molecule has 3 N–H and O–H groups in total. The van der Waals surface area contributed by atoms with Crippen LogP contribution in [-0.2, 0) is 21.2 Å². The number of nitrogens with two attached hydrogens (primary N) is 1. The molecule has 0 radical (unpaired) electrons. The topological polar surface area (TPSA) is 119 Å². The van der Waals surface area contributed by atoms with Crippen LogP contribution >= 0.6 is 11.8 Å². The molecular weight excluding hydrogens is 474 g/mol. The van der Waals surface area contributed by atoms with Crippen molar-refractivity contribution < 1.29 is 22.7 Å². The molecule has 0 bridgehead atoms. The Bertz CT molecular complexity index is 1360. The lowest BCUT2D eigenvalue weighted by Crippen LogP contribution is -2.29. The third kappa shape index (κ3) is 4.73. The average molecular weight is 498 g/mol. The van der Waals surface area contributed by atoms with Crippen molar-refractivity contribution in [2.75, 3.05) is 29.0 Å². The number of fused-ring (bicyclic) bond motifs is 1. The number of benzene rings is 3. The van der Waals surface area contributed by atoms with E-state index in [-0.39, 0.29) is 22.0 Å². The summed E-state index contributed by atoms with van der Waals surface area (Å²) in [4.78, 5) is 25.0. The number of rotatable bonds is 8. The van der Waals surface area contributed by atoms with Crippen LogP contribution in [0.3, 0.4) is 0 Å². The molecule has 1 aliphatic rings. The summed E-state index contributed by atoms with van der Waals surface area (Å²) < 4.78 is 33.6. The quantitative estimate of drug-likeness (QED) is 0.461. The van der Waals surface area contributed by atoms with E-state index in [2.05, 4.69) is 5.32 Å². The summed E-state index contributed by atoms with van der Waals surface area (Å²) >= 11 is 1.20. The van der Waals surface area contributed by atoms with Crippen molar-refractivity contribution in [3.05, 3.63) is 77.9 Å². The summed E-state index contributed by atoms with van der Waals surface area (Å²) in [5, 5.41) is 2.79. The number of ether oxygens (including phenoxy) is 1. The van der Waals surface area contributed by atoms with Gasteiger partial charge in [-0.05, 0) is 48.4 Å². The van der Waals surface area contributed by atoms with Crippen LogP contribution in [0.15, 0.2) is 76.5 Å². The molecular formula is C24H23N3O5S2. The highest BCUT2D eigenvalue weighted by molar-refractivity contribution is 8.00. The number of hydrogen-bond acceptors (Lipinski definition) is 6. The van der Waals surface area contributed by atoms with Gasteiger partial charge in [-0.2, -0.15) is 0 Å². The Morgan fingerprint density at radius 2 is 1.82 bits per heavy atom. The number of primary amides is 1. The molecule has 8 nitrogen and oxygen atoms in total. The van der Waals surface area contributed by atoms with Crippen LogP contribution in [0.5, 0.6) is 5.75 Å². The molecule has 0 spiro atoms. The van der Waals surface area contributed by atoms with Gasteiger partial charge in [0.1, 0.15) is 5.75 Å². The number of nitrogens with zero attached hydrogens (tertiary/aromatic N) is 1. The molecule has 34 heavy (non-hydrogen) atoms. The fourth-order valence-electron chi connectivity index (χ4n) is 3.74. The smallest absolute Gasteiger partial charge is 0.264 e. The minimum Gasteiger partial charge on any atom is -0.496 e. The van der Waals surface area contributed by atoms with Crippen LogP contribution in [0.25, 0.3) is 0 Å². The maximum atomic E-state index is 13.4. The minimum absolute atomic E-state index is 0.00783. The van der Waals surface area contributed by atoms with Gasteiger partial charge >= 0.3 is 0 Å². The molecule has 0 aromatic heterocycles. The van der Waals surface area contributed by atoms with Gasteiger partial charge in [-0.3, -0.25) is 13.9 Å². The number of sulfonamides is 1. The average Bonchev–Trinajstić information content (AvgIpc) is 3.28. The second-order valence-corrected chi connectivity index (χ2v) is 10.4. The summed E-state index contributed by atoms with van der Waals surface area (Å²) in [6.45, 7) is 0.333. The number of hydrogen-bond donors (Lipinski definition) is 2. The predicted molar refractivity (Wildman–Crippen MR) is 132 cm³/mol. The van der Waals surface area contributed by atoms with Crippen LogP contribution in [0.4, 0.5) is 11.4 Å². The fraction of sp³-hybridized carbons (Fsp3) is 0.167. The zero-order valence-corrected chi connectivity index (χ0v) is 20.0. The molecule has 2 amide bonds. The summed E-state index contributed by atoms with van der Waals surface area (Å²) in [6, 6.07) is 18.6. The third-order valence-corrected chi connectivity index (χ3v) is 8.26. The van der Waals surface area contributed by atoms with Crippen molar-refractivity contribution in [3.63, 3.8) is 0 Å². The first-order chi connectivity index (χ1) is 16.3. The third-order valence-electron chi connectivity index (χ3n) is 5.35. The van der Waals surface area contributed by atoms with Gasteiger partial charge in [-0.25, -0.2) is 8.42 Å². The van der Waals surface area contributed by atoms with Crippen LogP contribution in [0.2, 0.25) is 0 Å². The monoisotopic (exact) mass is 497 g/mol. The first kappa shape index (κ1) is 23.7. The molecule has 4 rings (SSSR count). The van der Waals surface area contributed by atoms with Crippen LogP contribution < -0.4 is 20.1 Å². The first-order valence-corrected chi connectivity index (χ1v) is 12.8. The van der Waals surface area contributed by atoms with E-state index in [0.29, 0.717) is 29.2 Å². The molecule has 3 aromatic rings.